The van der Waals surface area contributed by atoms with Crippen LogP contribution < -0.4 is 0 Å². The number of aryl methyl sites for hydroxylation is 2. The quantitative estimate of drug-likeness (QED) is 0.640. The SMILES string of the molecule is CCc1cc(CC)n(-c2ncc([N+](=O)[O-])cc2Br)n1. The molecule has 0 aromatic carbocycles. The van der Waals surface area contributed by atoms with Crippen LogP contribution in [0.25, 0.3) is 5.82 Å². The van der Waals surface area contributed by atoms with E-state index in [9.17, 15) is 10.1 Å². The predicted octanol–water partition coefficient (Wildman–Crippen LogP) is 3.06. The first-order valence-electron chi connectivity index (χ1n) is 5.95. The van der Waals surface area contributed by atoms with Crippen LogP contribution in [0.5, 0.6) is 0 Å². The van der Waals surface area contributed by atoms with Gasteiger partial charge in [-0.15, -0.1) is 0 Å². The van der Waals surface area contributed by atoms with Gasteiger partial charge in [0.15, 0.2) is 5.82 Å². The summed E-state index contributed by atoms with van der Waals surface area (Å²) in [7, 11) is 0. The van der Waals surface area contributed by atoms with Gasteiger partial charge in [-0.1, -0.05) is 13.8 Å². The molecule has 0 amide bonds. The molecule has 0 unspecified atom stereocenters. The van der Waals surface area contributed by atoms with Crippen molar-refractivity contribution in [2.75, 3.05) is 0 Å². The Kier molecular flexibility index (Phi) is 3.94. The first-order valence-corrected chi connectivity index (χ1v) is 6.74. The zero-order chi connectivity index (χ0) is 14.0. The van der Waals surface area contributed by atoms with E-state index in [-0.39, 0.29) is 5.69 Å². The maximum Gasteiger partial charge on any atom is 0.288 e. The molecule has 0 fully saturated rings. The van der Waals surface area contributed by atoms with Gasteiger partial charge in [0.2, 0.25) is 0 Å². The molecule has 6 nitrogen and oxygen atoms in total. The minimum Gasteiger partial charge on any atom is -0.258 e. The third-order valence-electron chi connectivity index (χ3n) is 2.78. The molecule has 0 N–H and O–H groups in total. The zero-order valence-electron chi connectivity index (χ0n) is 10.6. The maximum atomic E-state index is 10.7. The average molecular weight is 325 g/mol. The molecule has 0 aliphatic heterocycles. The first-order chi connectivity index (χ1) is 9.06. The van der Waals surface area contributed by atoms with Crippen LogP contribution in [-0.2, 0) is 12.8 Å². The topological polar surface area (TPSA) is 73.8 Å². The molecule has 0 saturated carbocycles. The van der Waals surface area contributed by atoms with Gasteiger partial charge in [-0.25, -0.2) is 9.67 Å². The van der Waals surface area contributed by atoms with Crippen LogP contribution in [0.2, 0.25) is 0 Å². The summed E-state index contributed by atoms with van der Waals surface area (Å²) in [6.07, 6.45) is 2.90. The Hall–Kier alpha value is -1.76. The molecule has 2 heterocycles. The highest BCUT2D eigenvalue weighted by Crippen LogP contribution is 2.24. The highest BCUT2D eigenvalue weighted by atomic mass is 79.9. The lowest BCUT2D eigenvalue weighted by Gasteiger charge is -2.06. The number of rotatable bonds is 4. The maximum absolute atomic E-state index is 10.7. The molecule has 2 aromatic heterocycles. The Labute approximate surface area is 118 Å². The third kappa shape index (κ3) is 2.65. The van der Waals surface area contributed by atoms with Crippen molar-refractivity contribution in [3.05, 3.63) is 44.3 Å². The fourth-order valence-corrected chi connectivity index (χ4v) is 2.26. The van der Waals surface area contributed by atoms with E-state index in [1.54, 1.807) is 4.68 Å². The van der Waals surface area contributed by atoms with Gasteiger partial charge in [-0.05, 0) is 34.8 Å². The lowest BCUT2D eigenvalue weighted by atomic mass is 10.2. The number of hydrogen-bond acceptors (Lipinski definition) is 4. The molecule has 100 valence electrons. The Morgan fingerprint density at radius 3 is 2.63 bits per heavy atom. The van der Waals surface area contributed by atoms with Gasteiger partial charge in [0.25, 0.3) is 5.69 Å². The summed E-state index contributed by atoms with van der Waals surface area (Å²) in [5, 5.41) is 15.2. The van der Waals surface area contributed by atoms with Crippen molar-refractivity contribution in [1.82, 2.24) is 14.8 Å². The third-order valence-corrected chi connectivity index (χ3v) is 3.36. The molecule has 0 saturated heterocycles. The number of halogens is 1. The fourth-order valence-electron chi connectivity index (χ4n) is 1.76. The summed E-state index contributed by atoms with van der Waals surface area (Å²) >= 11 is 3.32. The van der Waals surface area contributed by atoms with E-state index in [1.165, 1.54) is 12.3 Å². The molecule has 0 bridgehead atoms. The van der Waals surface area contributed by atoms with E-state index in [1.807, 2.05) is 19.9 Å². The highest BCUT2D eigenvalue weighted by Gasteiger charge is 2.15. The van der Waals surface area contributed by atoms with Gasteiger partial charge in [-0.3, -0.25) is 10.1 Å². The minimum absolute atomic E-state index is 0.0449. The normalized spacial score (nSPS) is 10.7. The smallest absolute Gasteiger partial charge is 0.258 e. The van der Waals surface area contributed by atoms with Crippen LogP contribution in [0, 0.1) is 10.1 Å². The van der Waals surface area contributed by atoms with Gasteiger partial charge < -0.3 is 0 Å². The Morgan fingerprint density at radius 1 is 1.37 bits per heavy atom. The van der Waals surface area contributed by atoms with Crippen molar-refractivity contribution < 1.29 is 4.92 Å². The summed E-state index contributed by atoms with van der Waals surface area (Å²) in [4.78, 5) is 14.4. The van der Waals surface area contributed by atoms with Crippen LogP contribution in [-0.4, -0.2) is 19.7 Å². The number of nitro groups is 1. The molecule has 7 heteroatoms. The van der Waals surface area contributed by atoms with Gasteiger partial charge >= 0.3 is 0 Å². The molecule has 0 atom stereocenters. The van der Waals surface area contributed by atoms with E-state index < -0.39 is 4.92 Å². The van der Waals surface area contributed by atoms with Gasteiger partial charge in [0.05, 0.1) is 15.1 Å². The van der Waals surface area contributed by atoms with E-state index in [4.69, 9.17) is 0 Å². The Balaban J connectivity index is 2.52. The van der Waals surface area contributed by atoms with E-state index in [0.717, 1.165) is 24.2 Å². The molecular formula is C12H13BrN4O2. The number of nitrogens with zero attached hydrogens (tertiary/aromatic N) is 4. The Morgan fingerprint density at radius 2 is 2.11 bits per heavy atom. The summed E-state index contributed by atoms with van der Waals surface area (Å²) in [5.41, 5.74) is 1.96. The molecule has 0 aliphatic carbocycles. The van der Waals surface area contributed by atoms with Crippen LogP contribution in [0.4, 0.5) is 5.69 Å². The summed E-state index contributed by atoms with van der Waals surface area (Å²) < 4.78 is 2.29. The molecule has 0 spiro atoms. The minimum atomic E-state index is -0.469. The summed E-state index contributed by atoms with van der Waals surface area (Å²) in [6, 6.07) is 3.46. The average Bonchev–Trinajstić information content (AvgIpc) is 2.81. The summed E-state index contributed by atoms with van der Waals surface area (Å²) in [5.74, 6) is 0.571. The van der Waals surface area contributed by atoms with Crippen LogP contribution in [0.1, 0.15) is 25.2 Å². The van der Waals surface area contributed by atoms with Crippen molar-refractivity contribution >= 4 is 21.6 Å². The molecule has 2 rings (SSSR count). The van der Waals surface area contributed by atoms with E-state index in [2.05, 4.69) is 26.0 Å². The zero-order valence-corrected chi connectivity index (χ0v) is 12.2. The van der Waals surface area contributed by atoms with Gasteiger partial charge in [0.1, 0.15) is 6.20 Å². The van der Waals surface area contributed by atoms with E-state index >= 15 is 0 Å². The standard InChI is InChI=1S/C12H13BrN4O2/c1-3-8-5-9(4-2)16(15-8)12-11(13)6-10(7-14-12)17(18)19/h5-7H,3-4H2,1-2H3. The second kappa shape index (κ2) is 5.48. The molecule has 2 aromatic rings. The number of aromatic nitrogens is 3. The van der Waals surface area contributed by atoms with Crippen molar-refractivity contribution in [3.8, 4) is 5.82 Å². The molecular weight excluding hydrogens is 312 g/mol. The first kappa shape index (κ1) is 13.7. The fraction of sp³-hybridized carbons (Fsp3) is 0.333. The molecule has 19 heavy (non-hydrogen) atoms. The van der Waals surface area contributed by atoms with Crippen molar-refractivity contribution in [3.63, 3.8) is 0 Å². The van der Waals surface area contributed by atoms with Crippen molar-refractivity contribution in [1.29, 1.82) is 0 Å². The van der Waals surface area contributed by atoms with Crippen molar-refractivity contribution in [2.45, 2.75) is 26.7 Å². The lowest BCUT2D eigenvalue weighted by molar-refractivity contribution is -0.385. The van der Waals surface area contributed by atoms with Gasteiger partial charge in [0, 0.05) is 11.8 Å². The highest BCUT2D eigenvalue weighted by molar-refractivity contribution is 9.10. The monoisotopic (exact) mass is 324 g/mol. The number of hydrogen-bond donors (Lipinski definition) is 0. The van der Waals surface area contributed by atoms with Crippen LogP contribution in [0.3, 0.4) is 0 Å². The predicted molar refractivity (Wildman–Crippen MR) is 74.5 cm³/mol. The van der Waals surface area contributed by atoms with Crippen molar-refractivity contribution in [2.24, 2.45) is 0 Å². The second-order valence-electron chi connectivity index (χ2n) is 4.00. The van der Waals surface area contributed by atoms with Gasteiger partial charge in [-0.2, -0.15) is 5.10 Å². The molecule has 0 aliphatic rings. The van der Waals surface area contributed by atoms with Crippen LogP contribution in [0.15, 0.2) is 22.8 Å². The molecule has 0 radical (unpaired) electrons. The lowest BCUT2D eigenvalue weighted by Crippen LogP contribution is -2.05. The largest absolute Gasteiger partial charge is 0.288 e. The number of pyridine rings is 1. The second-order valence-corrected chi connectivity index (χ2v) is 4.86. The van der Waals surface area contributed by atoms with Crippen LogP contribution >= 0.6 is 15.9 Å². The Bertz CT molecular complexity index is 624. The van der Waals surface area contributed by atoms with E-state index in [0.29, 0.717) is 10.3 Å². The summed E-state index contributed by atoms with van der Waals surface area (Å²) in [6.45, 7) is 4.07.